The fraction of sp³-hybridized carbons (Fsp3) is 0.600. The summed E-state index contributed by atoms with van der Waals surface area (Å²) < 4.78 is 5.31. The highest BCUT2D eigenvalue weighted by atomic mass is 16.5. The molecule has 17 heavy (non-hydrogen) atoms. The Bertz CT molecular complexity index is 375. The van der Waals surface area contributed by atoms with Crippen LogP contribution in [0.3, 0.4) is 0 Å². The standard InChI is InChI=1S/C15H23NO/c1-4-16-11(2)14-7-5-6-12-10-13(17-3)8-9-15(12)14/h8-11,14,16H,4-7H2,1-3H3. The number of likely N-dealkylation sites (N-methyl/N-ethyl adjacent to an activating group) is 1. The summed E-state index contributed by atoms with van der Waals surface area (Å²) in [6.07, 6.45) is 3.79. The first-order valence-corrected chi connectivity index (χ1v) is 6.66. The first kappa shape index (κ1) is 12.4. The van der Waals surface area contributed by atoms with Gasteiger partial charge in [0.15, 0.2) is 0 Å². The molecule has 0 aromatic heterocycles. The number of aryl methyl sites for hydroxylation is 1. The molecule has 0 fully saturated rings. The quantitative estimate of drug-likeness (QED) is 0.862. The van der Waals surface area contributed by atoms with E-state index in [1.807, 2.05) is 0 Å². The largest absolute Gasteiger partial charge is 0.497 e. The lowest BCUT2D eigenvalue weighted by Crippen LogP contribution is -2.33. The van der Waals surface area contributed by atoms with Gasteiger partial charge in [-0.15, -0.1) is 0 Å². The predicted octanol–water partition coefficient (Wildman–Crippen LogP) is 3.11. The molecule has 0 saturated carbocycles. The number of hydrogen-bond donors (Lipinski definition) is 1. The molecule has 0 spiro atoms. The minimum atomic E-state index is 0.562. The van der Waals surface area contributed by atoms with Gasteiger partial charge in [0.25, 0.3) is 0 Å². The number of hydrogen-bond acceptors (Lipinski definition) is 2. The maximum absolute atomic E-state index is 5.31. The topological polar surface area (TPSA) is 21.3 Å². The third-order valence-corrected chi connectivity index (χ3v) is 3.84. The molecule has 1 aromatic carbocycles. The second kappa shape index (κ2) is 5.54. The van der Waals surface area contributed by atoms with Crippen molar-refractivity contribution < 1.29 is 4.74 Å². The van der Waals surface area contributed by atoms with Gasteiger partial charge in [0, 0.05) is 6.04 Å². The molecule has 0 saturated heterocycles. The lowest BCUT2D eigenvalue weighted by Gasteiger charge is -2.31. The molecule has 2 unspecified atom stereocenters. The van der Waals surface area contributed by atoms with Crippen LogP contribution in [-0.4, -0.2) is 19.7 Å². The lowest BCUT2D eigenvalue weighted by atomic mass is 9.79. The van der Waals surface area contributed by atoms with E-state index in [1.165, 1.54) is 30.4 Å². The molecule has 1 aliphatic carbocycles. The van der Waals surface area contributed by atoms with Gasteiger partial charge < -0.3 is 10.1 Å². The molecule has 2 atom stereocenters. The van der Waals surface area contributed by atoms with Gasteiger partial charge in [0.1, 0.15) is 5.75 Å². The molecule has 0 heterocycles. The van der Waals surface area contributed by atoms with Gasteiger partial charge in [-0.3, -0.25) is 0 Å². The van der Waals surface area contributed by atoms with Gasteiger partial charge in [-0.2, -0.15) is 0 Å². The average Bonchev–Trinajstić information content (AvgIpc) is 2.37. The van der Waals surface area contributed by atoms with Crippen LogP contribution in [0.4, 0.5) is 0 Å². The minimum absolute atomic E-state index is 0.562. The molecular formula is C15H23NO. The third kappa shape index (κ3) is 2.63. The molecule has 2 nitrogen and oxygen atoms in total. The van der Waals surface area contributed by atoms with Gasteiger partial charge >= 0.3 is 0 Å². The zero-order valence-electron chi connectivity index (χ0n) is 11.1. The second-order valence-corrected chi connectivity index (χ2v) is 4.91. The Balaban J connectivity index is 2.25. The average molecular weight is 233 g/mol. The first-order chi connectivity index (χ1) is 8.26. The summed E-state index contributed by atoms with van der Waals surface area (Å²) in [7, 11) is 1.74. The Kier molecular flexibility index (Phi) is 4.06. The van der Waals surface area contributed by atoms with E-state index >= 15 is 0 Å². The summed E-state index contributed by atoms with van der Waals surface area (Å²) >= 11 is 0. The highest BCUT2D eigenvalue weighted by molar-refractivity contribution is 5.40. The fourth-order valence-electron chi connectivity index (χ4n) is 2.94. The van der Waals surface area contributed by atoms with Crippen molar-refractivity contribution in [1.82, 2.24) is 5.32 Å². The summed E-state index contributed by atoms with van der Waals surface area (Å²) in [5.74, 6) is 1.64. The first-order valence-electron chi connectivity index (χ1n) is 6.66. The Hall–Kier alpha value is -1.02. The Morgan fingerprint density at radius 2 is 2.29 bits per heavy atom. The van der Waals surface area contributed by atoms with Crippen LogP contribution >= 0.6 is 0 Å². The monoisotopic (exact) mass is 233 g/mol. The van der Waals surface area contributed by atoms with Crippen LogP contribution in [0.1, 0.15) is 43.7 Å². The molecule has 2 heteroatoms. The molecule has 0 aliphatic heterocycles. The molecule has 0 amide bonds. The van der Waals surface area contributed by atoms with Crippen molar-refractivity contribution in [3.05, 3.63) is 29.3 Å². The van der Waals surface area contributed by atoms with Gasteiger partial charge in [0.05, 0.1) is 7.11 Å². The Morgan fingerprint density at radius 1 is 1.47 bits per heavy atom. The van der Waals surface area contributed by atoms with E-state index in [-0.39, 0.29) is 0 Å². The van der Waals surface area contributed by atoms with Gasteiger partial charge in [-0.05, 0) is 61.9 Å². The summed E-state index contributed by atoms with van der Waals surface area (Å²) in [6.45, 7) is 5.52. The van der Waals surface area contributed by atoms with E-state index < -0.39 is 0 Å². The van der Waals surface area contributed by atoms with Crippen LogP contribution in [0.25, 0.3) is 0 Å². The van der Waals surface area contributed by atoms with Gasteiger partial charge in [-0.1, -0.05) is 13.0 Å². The van der Waals surface area contributed by atoms with Crippen molar-refractivity contribution in [2.45, 2.75) is 45.1 Å². The van der Waals surface area contributed by atoms with Crippen LogP contribution in [-0.2, 0) is 6.42 Å². The SMILES string of the molecule is CCNC(C)C1CCCc2cc(OC)ccc21. The number of rotatable bonds is 4. The summed E-state index contributed by atoms with van der Waals surface area (Å²) in [6, 6.07) is 7.12. The summed E-state index contributed by atoms with van der Waals surface area (Å²) in [5, 5.41) is 3.55. The Morgan fingerprint density at radius 3 is 3.00 bits per heavy atom. The predicted molar refractivity (Wildman–Crippen MR) is 71.8 cm³/mol. The molecule has 0 radical (unpaired) electrons. The maximum Gasteiger partial charge on any atom is 0.119 e. The molecule has 1 N–H and O–H groups in total. The third-order valence-electron chi connectivity index (χ3n) is 3.84. The number of benzene rings is 1. The molecule has 1 aromatic rings. The number of methoxy groups -OCH3 is 1. The van der Waals surface area contributed by atoms with Crippen LogP contribution < -0.4 is 10.1 Å². The van der Waals surface area contributed by atoms with E-state index in [0.29, 0.717) is 12.0 Å². The zero-order valence-corrected chi connectivity index (χ0v) is 11.1. The van der Waals surface area contributed by atoms with Crippen molar-refractivity contribution in [3.8, 4) is 5.75 Å². The molecular weight excluding hydrogens is 210 g/mol. The minimum Gasteiger partial charge on any atom is -0.497 e. The maximum atomic E-state index is 5.31. The lowest BCUT2D eigenvalue weighted by molar-refractivity contribution is 0.405. The zero-order chi connectivity index (χ0) is 12.3. The van der Waals surface area contributed by atoms with E-state index in [4.69, 9.17) is 4.74 Å². The van der Waals surface area contributed by atoms with Crippen molar-refractivity contribution in [2.75, 3.05) is 13.7 Å². The molecule has 0 bridgehead atoms. The van der Waals surface area contributed by atoms with E-state index in [2.05, 4.69) is 37.4 Å². The molecule has 94 valence electrons. The summed E-state index contributed by atoms with van der Waals surface area (Å²) in [5.41, 5.74) is 3.00. The van der Waals surface area contributed by atoms with Crippen LogP contribution in [0.2, 0.25) is 0 Å². The van der Waals surface area contributed by atoms with Gasteiger partial charge in [-0.25, -0.2) is 0 Å². The number of nitrogens with one attached hydrogen (secondary N) is 1. The highest BCUT2D eigenvalue weighted by Gasteiger charge is 2.24. The summed E-state index contributed by atoms with van der Waals surface area (Å²) in [4.78, 5) is 0. The van der Waals surface area contributed by atoms with Crippen molar-refractivity contribution in [3.63, 3.8) is 0 Å². The van der Waals surface area contributed by atoms with Gasteiger partial charge in [0.2, 0.25) is 0 Å². The van der Waals surface area contributed by atoms with Crippen LogP contribution in [0.5, 0.6) is 5.75 Å². The van der Waals surface area contributed by atoms with Crippen molar-refractivity contribution >= 4 is 0 Å². The normalized spacial score (nSPS) is 20.8. The second-order valence-electron chi connectivity index (χ2n) is 4.91. The van der Waals surface area contributed by atoms with Crippen molar-refractivity contribution in [1.29, 1.82) is 0 Å². The van der Waals surface area contributed by atoms with Crippen LogP contribution in [0.15, 0.2) is 18.2 Å². The molecule has 1 aliphatic rings. The van der Waals surface area contributed by atoms with Crippen molar-refractivity contribution in [2.24, 2.45) is 0 Å². The van der Waals surface area contributed by atoms with Crippen LogP contribution in [0, 0.1) is 0 Å². The fourth-order valence-corrected chi connectivity index (χ4v) is 2.94. The number of ether oxygens (including phenoxy) is 1. The smallest absolute Gasteiger partial charge is 0.119 e. The van der Waals surface area contributed by atoms with E-state index in [1.54, 1.807) is 7.11 Å². The highest BCUT2D eigenvalue weighted by Crippen LogP contribution is 2.35. The van der Waals surface area contributed by atoms with E-state index in [9.17, 15) is 0 Å². The van der Waals surface area contributed by atoms with E-state index in [0.717, 1.165) is 12.3 Å². The number of fused-ring (bicyclic) bond motifs is 1. The Labute approximate surface area is 104 Å². The molecule has 2 rings (SSSR count).